The normalized spacial score (nSPS) is 19.3. The van der Waals surface area contributed by atoms with E-state index in [0.29, 0.717) is 25.9 Å². The van der Waals surface area contributed by atoms with Crippen molar-refractivity contribution in [2.24, 2.45) is 11.1 Å². The fourth-order valence-corrected chi connectivity index (χ4v) is 1.57. The van der Waals surface area contributed by atoms with Crippen LogP contribution in [0.1, 0.15) is 33.1 Å². The quantitative estimate of drug-likeness (QED) is 0.540. The molecule has 4 heteroatoms. The summed E-state index contributed by atoms with van der Waals surface area (Å²) >= 11 is 0. The molecule has 14 heavy (non-hydrogen) atoms. The molecule has 0 bridgehead atoms. The van der Waals surface area contributed by atoms with Crippen molar-refractivity contribution >= 4 is 11.6 Å². The Morgan fingerprint density at radius 2 is 2.14 bits per heavy atom. The van der Waals surface area contributed by atoms with Crippen molar-refractivity contribution in [1.29, 1.82) is 0 Å². The lowest BCUT2D eigenvalue weighted by molar-refractivity contribution is -0.135. The Bertz CT molecular complexity index is 228. The molecule has 1 saturated heterocycles. The van der Waals surface area contributed by atoms with Gasteiger partial charge in [0.05, 0.1) is 5.71 Å². The monoisotopic (exact) mass is 198 g/mol. The predicted octanol–water partition coefficient (Wildman–Crippen LogP) is 1.49. The second-order valence-electron chi connectivity index (χ2n) is 3.80. The number of carbonyl (C=O) groups excluding carboxylic acids is 1. The third-order valence-electron chi connectivity index (χ3n) is 2.83. The first kappa shape index (κ1) is 11.0. The largest absolute Gasteiger partial charge is 0.411 e. The summed E-state index contributed by atoms with van der Waals surface area (Å²) < 4.78 is 0. The van der Waals surface area contributed by atoms with Crippen molar-refractivity contribution in [3.63, 3.8) is 0 Å². The molecule has 0 radical (unpaired) electrons. The third-order valence-corrected chi connectivity index (χ3v) is 2.83. The van der Waals surface area contributed by atoms with Crippen LogP contribution in [0.25, 0.3) is 0 Å². The van der Waals surface area contributed by atoms with Crippen molar-refractivity contribution in [2.45, 2.75) is 33.1 Å². The Morgan fingerprint density at radius 1 is 1.57 bits per heavy atom. The van der Waals surface area contributed by atoms with Crippen LogP contribution in [0.5, 0.6) is 0 Å². The van der Waals surface area contributed by atoms with Gasteiger partial charge in [-0.05, 0) is 6.42 Å². The molecule has 80 valence electrons. The molecule has 1 amide bonds. The van der Waals surface area contributed by atoms with Crippen LogP contribution in [0.2, 0.25) is 0 Å². The van der Waals surface area contributed by atoms with Crippen molar-refractivity contribution < 1.29 is 10.0 Å². The van der Waals surface area contributed by atoms with Gasteiger partial charge in [-0.25, -0.2) is 0 Å². The van der Waals surface area contributed by atoms with E-state index in [1.165, 1.54) is 0 Å². The predicted molar refractivity (Wildman–Crippen MR) is 54.5 cm³/mol. The number of oxime groups is 1. The molecule has 1 atom stereocenters. The average molecular weight is 198 g/mol. The summed E-state index contributed by atoms with van der Waals surface area (Å²) in [6.45, 7) is 5.37. The molecule has 1 heterocycles. The molecule has 1 aliphatic heterocycles. The molecular weight excluding hydrogens is 180 g/mol. The molecule has 0 aromatic carbocycles. The molecule has 0 spiro atoms. The first-order chi connectivity index (χ1) is 6.69. The number of rotatable bonds is 2. The number of hydrogen-bond acceptors (Lipinski definition) is 3. The number of piperidine rings is 1. The summed E-state index contributed by atoms with van der Waals surface area (Å²) in [5, 5.41) is 11.7. The van der Waals surface area contributed by atoms with Crippen LogP contribution in [-0.4, -0.2) is 34.8 Å². The summed E-state index contributed by atoms with van der Waals surface area (Å²) in [7, 11) is 0. The van der Waals surface area contributed by atoms with Gasteiger partial charge in [0.2, 0.25) is 5.91 Å². The van der Waals surface area contributed by atoms with Crippen LogP contribution >= 0.6 is 0 Å². The standard InChI is InChI=1S/C10H18N2O2/c1-3-8(2)10(13)12-6-4-9(11-14)5-7-12/h8,14H,3-7H2,1-2H3. The number of hydrogen-bond donors (Lipinski definition) is 1. The van der Waals surface area contributed by atoms with Gasteiger partial charge in [-0.15, -0.1) is 0 Å². The van der Waals surface area contributed by atoms with E-state index >= 15 is 0 Å². The topological polar surface area (TPSA) is 52.9 Å². The Kier molecular flexibility index (Phi) is 3.92. The van der Waals surface area contributed by atoms with E-state index < -0.39 is 0 Å². The Balaban J connectivity index is 2.45. The maximum Gasteiger partial charge on any atom is 0.225 e. The first-order valence-electron chi connectivity index (χ1n) is 5.17. The minimum atomic E-state index is 0.114. The van der Waals surface area contributed by atoms with Crippen LogP contribution in [0, 0.1) is 5.92 Å². The minimum Gasteiger partial charge on any atom is -0.411 e. The smallest absolute Gasteiger partial charge is 0.225 e. The van der Waals surface area contributed by atoms with E-state index in [-0.39, 0.29) is 11.8 Å². The lowest BCUT2D eigenvalue weighted by Gasteiger charge is -2.29. The van der Waals surface area contributed by atoms with Gasteiger partial charge in [0.1, 0.15) is 0 Å². The summed E-state index contributed by atoms with van der Waals surface area (Å²) in [6, 6.07) is 0. The fraction of sp³-hybridized carbons (Fsp3) is 0.800. The Hall–Kier alpha value is -1.06. The zero-order valence-electron chi connectivity index (χ0n) is 8.86. The lowest BCUT2D eigenvalue weighted by Crippen LogP contribution is -2.41. The van der Waals surface area contributed by atoms with Gasteiger partial charge in [0.25, 0.3) is 0 Å². The number of likely N-dealkylation sites (tertiary alicyclic amines) is 1. The molecule has 1 aliphatic rings. The van der Waals surface area contributed by atoms with Gasteiger partial charge in [-0.2, -0.15) is 0 Å². The summed E-state index contributed by atoms with van der Waals surface area (Å²) in [5.41, 5.74) is 0.804. The second-order valence-corrected chi connectivity index (χ2v) is 3.80. The van der Waals surface area contributed by atoms with Crippen LogP contribution < -0.4 is 0 Å². The lowest BCUT2D eigenvalue weighted by atomic mass is 10.0. The number of carbonyl (C=O) groups is 1. The molecule has 0 aromatic rings. The maximum absolute atomic E-state index is 11.7. The van der Waals surface area contributed by atoms with Crippen LogP contribution in [0.4, 0.5) is 0 Å². The van der Waals surface area contributed by atoms with Gasteiger partial charge >= 0.3 is 0 Å². The highest BCUT2D eigenvalue weighted by atomic mass is 16.4. The number of amides is 1. The van der Waals surface area contributed by atoms with Crippen molar-refractivity contribution in [3.05, 3.63) is 0 Å². The Labute approximate surface area is 84.6 Å². The van der Waals surface area contributed by atoms with E-state index in [1.807, 2.05) is 18.7 Å². The van der Waals surface area contributed by atoms with Gasteiger partial charge in [-0.1, -0.05) is 19.0 Å². The van der Waals surface area contributed by atoms with Crippen molar-refractivity contribution in [3.8, 4) is 0 Å². The third kappa shape index (κ3) is 2.47. The maximum atomic E-state index is 11.7. The number of nitrogens with zero attached hydrogens (tertiary/aromatic N) is 2. The molecular formula is C10H18N2O2. The second kappa shape index (κ2) is 4.98. The van der Waals surface area contributed by atoms with Gasteiger partial charge in [0.15, 0.2) is 0 Å². The van der Waals surface area contributed by atoms with E-state index in [0.717, 1.165) is 12.1 Å². The SMILES string of the molecule is CCC(C)C(=O)N1CCC(=NO)CC1. The molecule has 1 unspecified atom stereocenters. The first-order valence-corrected chi connectivity index (χ1v) is 5.17. The molecule has 0 aliphatic carbocycles. The van der Waals surface area contributed by atoms with E-state index in [9.17, 15) is 4.79 Å². The van der Waals surface area contributed by atoms with Gasteiger partial charge in [-0.3, -0.25) is 4.79 Å². The molecule has 1 rings (SSSR count). The highest BCUT2D eigenvalue weighted by Gasteiger charge is 2.22. The summed E-state index contributed by atoms with van der Waals surface area (Å²) in [4.78, 5) is 13.6. The highest BCUT2D eigenvalue weighted by molar-refractivity contribution is 5.87. The van der Waals surface area contributed by atoms with E-state index in [1.54, 1.807) is 0 Å². The van der Waals surface area contributed by atoms with Crippen LogP contribution in [0.15, 0.2) is 5.16 Å². The fourth-order valence-electron chi connectivity index (χ4n) is 1.57. The van der Waals surface area contributed by atoms with Crippen molar-refractivity contribution in [1.82, 2.24) is 4.90 Å². The Morgan fingerprint density at radius 3 is 2.57 bits per heavy atom. The van der Waals surface area contributed by atoms with Crippen LogP contribution in [-0.2, 0) is 4.79 Å². The average Bonchev–Trinajstić information content (AvgIpc) is 2.27. The van der Waals surface area contributed by atoms with E-state index in [2.05, 4.69) is 5.16 Å². The molecule has 1 N–H and O–H groups in total. The highest BCUT2D eigenvalue weighted by Crippen LogP contribution is 2.12. The molecule has 1 fully saturated rings. The van der Waals surface area contributed by atoms with Gasteiger partial charge < -0.3 is 10.1 Å². The summed E-state index contributed by atoms with van der Waals surface area (Å²) in [6.07, 6.45) is 2.30. The minimum absolute atomic E-state index is 0.114. The van der Waals surface area contributed by atoms with Crippen molar-refractivity contribution in [2.75, 3.05) is 13.1 Å². The van der Waals surface area contributed by atoms with E-state index in [4.69, 9.17) is 5.21 Å². The molecule has 0 aromatic heterocycles. The van der Waals surface area contributed by atoms with Crippen LogP contribution in [0.3, 0.4) is 0 Å². The zero-order valence-corrected chi connectivity index (χ0v) is 8.86. The molecule has 4 nitrogen and oxygen atoms in total. The van der Waals surface area contributed by atoms with Gasteiger partial charge in [0, 0.05) is 31.8 Å². The molecule has 0 saturated carbocycles. The zero-order chi connectivity index (χ0) is 10.6. The summed E-state index contributed by atoms with van der Waals surface area (Å²) in [5.74, 6) is 0.340.